The Kier molecular flexibility index (Phi) is 8.04. The lowest BCUT2D eigenvalue weighted by Crippen LogP contribution is -2.15. The number of thioether (sulfide) groups is 1. The summed E-state index contributed by atoms with van der Waals surface area (Å²) >= 11 is 1.30. The number of hydrogen-bond donors (Lipinski definition) is 1. The molecule has 0 atom stereocenters. The highest BCUT2D eigenvalue weighted by Crippen LogP contribution is 2.21. The van der Waals surface area contributed by atoms with E-state index in [4.69, 9.17) is 4.74 Å². The maximum atomic E-state index is 12.4. The lowest BCUT2D eigenvalue weighted by molar-refractivity contribution is -0.113. The fraction of sp³-hybridized carbons (Fsp3) is 0.217. The number of amides is 1. The third-order valence-electron chi connectivity index (χ3n) is 4.55. The topological polar surface area (TPSA) is 95.3 Å². The minimum Gasteiger partial charge on any atom is -0.497 e. The number of aromatic nitrogens is 3. The molecule has 0 saturated carbocycles. The van der Waals surface area contributed by atoms with Crippen LogP contribution in [-0.2, 0) is 22.5 Å². The number of carbonyl (C=O) groups excluding carboxylic acids is 2. The van der Waals surface area contributed by atoms with Crippen LogP contribution >= 0.6 is 11.8 Å². The summed E-state index contributed by atoms with van der Waals surface area (Å²) in [7, 11) is 2.95. The van der Waals surface area contributed by atoms with Crippen molar-refractivity contribution in [3.8, 4) is 5.75 Å². The SMILES string of the molecule is C=CCn1c(Cc2ccc(OC)cc2)nnc1SCC(=O)Nc1ccc(C(=O)OC)cc1. The normalized spacial score (nSPS) is 10.4. The Morgan fingerprint density at radius 2 is 1.81 bits per heavy atom. The highest BCUT2D eigenvalue weighted by atomic mass is 32.2. The average Bonchev–Trinajstić information content (AvgIpc) is 3.19. The number of allylic oxidation sites excluding steroid dienone is 1. The van der Waals surface area contributed by atoms with E-state index in [0.717, 1.165) is 17.1 Å². The maximum absolute atomic E-state index is 12.4. The van der Waals surface area contributed by atoms with Crippen LogP contribution in [0.2, 0.25) is 0 Å². The van der Waals surface area contributed by atoms with Crippen LogP contribution in [0.25, 0.3) is 0 Å². The predicted octanol–water partition coefficient (Wildman–Crippen LogP) is 3.58. The van der Waals surface area contributed by atoms with Crippen LogP contribution in [0.5, 0.6) is 5.75 Å². The second-order valence-corrected chi connectivity index (χ2v) is 7.67. The molecular weight excluding hydrogens is 428 g/mol. The molecule has 2 aromatic carbocycles. The molecule has 9 heteroatoms. The fourth-order valence-electron chi connectivity index (χ4n) is 2.93. The molecule has 0 spiro atoms. The van der Waals surface area contributed by atoms with E-state index in [1.807, 2.05) is 28.8 Å². The van der Waals surface area contributed by atoms with Crippen LogP contribution in [0, 0.1) is 0 Å². The van der Waals surface area contributed by atoms with E-state index < -0.39 is 5.97 Å². The maximum Gasteiger partial charge on any atom is 0.337 e. The summed E-state index contributed by atoms with van der Waals surface area (Å²) in [4.78, 5) is 23.9. The van der Waals surface area contributed by atoms with E-state index in [-0.39, 0.29) is 11.7 Å². The van der Waals surface area contributed by atoms with Gasteiger partial charge in [-0.1, -0.05) is 30.0 Å². The van der Waals surface area contributed by atoms with Gasteiger partial charge in [0.15, 0.2) is 5.16 Å². The van der Waals surface area contributed by atoms with Crippen molar-refractivity contribution in [1.29, 1.82) is 0 Å². The van der Waals surface area contributed by atoms with E-state index in [1.165, 1.54) is 18.9 Å². The van der Waals surface area contributed by atoms with Crippen LogP contribution < -0.4 is 10.1 Å². The van der Waals surface area contributed by atoms with Gasteiger partial charge in [-0.2, -0.15) is 0 Å². The zero-order valence-corrected chi connectivity index (χ0v) is 18.7. The Bertz CT molecular complexity index is 1080. The molecule has 3 rings (SSSR count). The monoisotopic (exact) mass is 452 g/mol. The number of ether oxygens (including phenoxy) is 2. The molecule has 1 heterocycles. The van der Waals surface area contributed by atoms with Gasteiger partial charge >= 0.3 is 5.97 Å². The van der Waals surface area contributed by atoms with Gasteiger partial charge in [-0.15, -0.1) is 16.8 Å². The summed E-state index contributed by atoms with van der Waals surface area (Å²) in [5, 5.41) is 12.0. The summed E-state index contributed by atoms with van der Waals surface area (Å²) in [6.45, 7) is 4.35. The molecule has 0 aliphatic rings. The first-order valence-corrected chi connectivity index (χ1v) is 10.8. The second-order valence-electron chi connectivity index (χ2n) is 6.73. The van der Waals surface area contributed by atoms with Crippen molar-refractivity contribution in [2.24, 2.45) is 0 Å². The molecule has 0 saturated heterocycles. The number of hydrogen-bond acceptors (Lipinski definition) is 7. The van der Waals surface area contributed by atoms with Crippen molar-refractivity contribution in [2.75, 3.05) is 25.3 Å². The summed E-state index contributed by atoms with van der Waals surface area (Å²) in [5.41, 5.74) is 2.09. The van der Waals surface area contributed by atoms with Crippen LogP contribution in [0.4, 0.5) is 5.69 Å². The Morgan fingerprint density at radius 1 is 1.09 bits per heavy atom. The molecule has 0 fully saturated rings. The van der Waals surface area contributed by atoms with Gasteiger partial charge in [-0.25, -0.2) is 4.79 Å². The van der Waals surface area contributed by atoms with Crippen molar-refractivity contribution >= 4 is 29.3 Å². The molecule has 3 aromatic rings. The number of benzene rings is 2. The highest BCUT2D eigenvalue weighted by Gasteiger charge is 2.14. The zero-order valence-electron chi connectivity index (χ0n) is 17.9. The first-order chi connectivity index (χ1) is 15.5. The third-order valence-corrected chi connectivity index (χ3v) is 5.52. The Labute approximate surface area is 190 Å². The van der Waals surface area contributed by atoms with Gasteiger partial charge in [-0.3, -0.25) is 4.79 Å². The van der Waals surface area contributed by atoms with Gasteiger partial charge in [0.05, 0.1) is 25.5 Å². The van der Waals surface area contributed by atoms with Gasteiger partial charge < -0.3 is 19.4 Å². The Morgan fingerprint density at radius 3 is 2.44 bits per heavy atom. The molecule has 0 aliphatic heterocycles. The molecule has 0 aliphatic carbocycles. The standard InChI is InChI=1S/C23H24N4O4S/c1-4-13-27-20(14-16-5-11-19(30-2)12-6-16)25-26-23(27)32-15-21(28)24-18-9-7-17(8-10-18)22(29)31-3/h4-12H,1,13-15H2,2-3H3,(H,24,28). The number of rotatable bonds is 10. The van der Waals surface area contributed by atoms with Crippen molar-refractivity contribution in [3.63, 3.8) is 0 Å². The van der Waals surface area contributed by atoms with Crippen LogP contribution in [0.15, 0.2) is 66.3 Å². The van der Waals surface area contributed by atoms with Gasteiger partial charge in [0.1, 0.15) is 11.6 Å². The zero-order chi connectivity index (χ0) is 22.9. The molecule has 0 unspecified atom stereocenters. The van der Waals surface area contributed by atoms with E-state index in [2.05, 4.69) is 26.8 Å². The van der Waals surface area contributed by atoms with Crippen LogP contribution in [0.3, 0.4) is 0 Å². The first-order valence-electron chi connectivity index (χ1n) is 9.81. The fourth-order valence-corrected chi connectivity index (χ4v) is 3.70. The number of esters is 1. The number of methoxy groups -OCH3 is 2. The number of nitrogens with one attached hydrogen (secondary N) is 1. The minimum absolute atomic E-state index is 0.163. The number of carbonyl (C=O) groups is 2. The average molecular weight is 453 g/mol. The van der Waals surface area contributed by atoms with Crippen molar-refractivity contribution in [1.82, 2.24) is 14.8 Å². The number of anilines is 1. The van der Waals surface area contributed by atoms with Crippen molar-refractivity contribution in [2.45, 2.75) is 18.1 Å². The van der Waals surface area contributed by atoms with E-state index in [1.54, 1.807) is 37.5 Å². The molecular formula is C23H24N4O4S. The molecule has 1 aromatic heterocycles. The van der Waals surface area contributed by atoms with Crippen LogP contribution in [0.1, 0.15) is 21.7 Å². The Hall–Kier alpha value is -3.59. The van der Waals surface area contributed by atoms with Crippen molar-refractivity contribution in [3.05, 3.63) is 78.1 Å². The third kappa shape index (κ3) is 5.98. The summed E-state index contributed by atoms with van der Waals surface area (Å²) in [5.74, 6) is 1.13. The number of nitrogens with zero attached hydrogens (tertiary/aromatic N) is 3. The van der Waals surface area contributed by atoms with Gasteiger partial charge in [-0.05, 0) is 42.0 Å². The van der Waals surface area contributed by atoms with E-state index in [0.29, 0.717) is 29.4 Å². The molecule has 0 bridgehead atoms. The van der Waals surface area contributed by atoms with Crippen LogP contribution in [-0.4, -0.2) is 46.6 Å². The minimum atomic E-state index is -0.426. The lowest BCUT2D eigenvalue weighted by atomic mass is 10.1. The molecule has 8 nitrogen and oxygen atoms in total. The van der Waals surface area contributed by atoms with E-state index in [9.17, 15) is 9.59 Å². The molecule has 1 amide bonds. The quantitative estimate of drug-likeness (QED) is 0.285. The van der Waals surface area contributed by atoms with Gasteiger partial charge in [0.2, 0.25) is 5.91 Å². The molecule has 0 radical (unpaired) electrons. The highest BCUT2D eigenvalue weighted by molar-refractivity contribution is 7.99. The summed E-state index contributed by atoms with van der Waals surface area (Å²) in [6, 6.07) is 14.3. The summed E-state index contributed by atoms with van der Waals surface area (Å²) < 4.78 is 11.8. The van der Waals surface area contributed by atoms with Gasteiger partial charge in [0.25, 0.3) is 0 Å². The molecule has 32 heavy (non-hydrogen) atoms. The van der Waals surface area contributed by atoms with Gasteiger partial charge in [0, 0.05) is 18.7 Å². The predicted molar refractivity (Wildman–Crippen MR) is 123 cm³/mol. The molecule has 1 N–H and O–H groups in total. The summed E-state index contributed by atoms with van der Waals surface area (Å²) in [6.07, 6.45) is 2.37. The smallest absolute Gasteiger partial charge is 0.337 e. The Balaban J connectivity index is 1.61. The second kappa shape index (κ2) is 11.1. The molecule has 166 valence electrons. The lowest BCUT2D eigenvalue weighted by Gasteiger charge is -2.09. The largest absolute Gasteiger partial charge is 0.497 e. The first kappa shape index (κ1) is 23.1. The van der Waals surface area contributed by atoms with E-state index >= 15 is 0 Å². The van der Waals surface area contributed by atoms with Crippen molar-refractivity contribution < 1.29 is 19.1 Å².